The summed E-state index contributed by atoms with van der Waals surface area (Å²) in [5, 5.41) is 5.85. The van der Waals surface area contributed by atoms with Gasteiger partial charge in [0.15, 0.2) is 0 Å². The van der Waals surface area contributed by atoms with Crippen molar-refractivity contribution in [2.45, 2.75) is 38.4 Å². The molecule has 0 aromatic heterocycles. The van der Waals surface area contributed by atoms with Crippen LogP contribution in [-0.2, 0) is 22.7 Å². The van der Waals surface area contributed by atoms with Crippen LogP contribution in [0, 0.1) is 11.8 Å². The van der Waals surface area contributed by atoms with Crippen molar-refractivity contribution in [3.8, 4) is 0 Å². The molecule has 0 radical (unpaired) electrons. The van der Waals surface area contributed by atoms with Gasteiger partial charge >= 0.3 is 0 Å². The molecule has 4 aliphatic heterocycles. The summed E-state index contributed by atoms with van der Waals surface area (Å²) < 4.78 is 0. The number of nitrogens with zero attached hydrogens (tertiary/aromatic N) is 2. The first-order chi connectivity index (χ1) is 13.6. The van der Waals surface area contributed by atoms with E-state index < -0.39 is 6.04 Å². The van der Waals surface area contributed by atoms with Gasteiger partial charge in [0.25, 0.3) is 5.91 Å². The van der Waals surface area contributed by atoms with Crippen LogP contribution < -0.4 is 10.6 Å². The lowest BCUT2D eigenvalue weighted by Gasteiger charge is -2.29. The Bertz CT molecular complexity index is 825. The smallest absolute Gasteiger partial charge is 0.255 e. The maximum absolute atomic E-state index is 13.0. The van der Waals surface area contributed by atoms with Crippen LogP contribution in [-0.4, -0.2) is 59.7 Å². The van der Waals surface area contributed by atoms with Gasteiger partial charge in [0.05, 0.1) is 0 Å². The van der Waals surface area contributed by atoms with Gasteiger partial charge in [0.2, 0.25) is 11.8 Å². The Morgan fingerprint density at radius 1 is 1.07 bits per heavy atom. The summed E-state index contributed by atoms with van der Waals surface area (Å²) in [6.07, 6.45) is 1.94. The van der Waals surface area contributed by atoms with E-state index in [0.717, 1.165) is 55.7 Å². The second kappa shape index (κ2) is 6.97. The molecular formula is C21H26N4O3. The van der Waals surface area contributed by atoms with Crippen LogP contribution >= 0.6 is 0 Å². The van der Waals surface area contributed by atoms with Gasteiger partial charge in [0, 0.05) is 38.2 Å². The molecule has 4 aliphatic rings. The Hall–Kier alpha value is -2.25. The summed E-state index contributed by atoms with van der Waals surface area (Å²) in [5.74, 6) is 0.832. The molecule has 28 heavy (non-hydrogen) atoms. The van der Waals surface area contributed by atoms with Crippen molar-refractivity contribution in [2.24, 2.45) is 11.8 Å². The Morgan fingerprint density at radius 3 is 2.75 bits per heavy atom. The highest BCUT2D eigenvalue weighted by molar-refractivity contribution is 6.05. The largest absolute Gasteiger partial charge is 0.322 e. The van der Waals surface area contributed by atoms with Crippen molar-refractivity contribution in [1.82, 2.24) is 20.4 Å². The monoisotopic (exact) mass is 382 g/mol. The number of amides is 3. The molecule has 4 heterocycles. The highest BCUT2D eigenvalue weighted by atomic mass is 16.2. The molecule has 7 nitrogen and oxygen atoms in total. The van der Waals surface area contributed by atoms with E-state index in [-0.39, 0.29) is 24.1 Å². The van der Waals surface area contributed by atoms with E-state index in [2.05, 4.69) is 21.6 Å². The fourth-order valence-corrected chi connectivity index (χ4v) is 5.26. The molecule has 3 saturated heterocycles. The van der Waals surface area contributed by atoms with E-state index in [1.165, 1.54) is 6.42 Å². The zero-order valence-electron chi connectivity index (χ0n) is 15.9. The summed E-state index contributed by atoms with van der Waals surface area (Å²) in [4.78, 5) is 40.6. The number of piperidine rings is 2. The van der Waals surface area contributed by atoms with Crippen molar-refractivity contribution >= 4 is 17.7 Å². The second-order valence-corrected chi connectivity index (χ2v) is 8.60. The zero-order valence-corrected chi connectivity index (χ0v) is 15.9. The standard InChI is InChI=1S/C21H26N4O3/c26-19-4-3-18(20(27)23-19)25-12-15-2-1-13(7-17(15)21(25)28)9-24-10-14-5-6-22-8-16(14)11-24/h1-2,7,14,16,18,22H,3-6,8-12H2,(H,23,26,27)/t14-,16+,18?/m1/s1. The number of benzene rings is 1. The van der Waals surface area contributed by atoms with E-state index in [9.17, 15) is 14.4 Å². The molecule has 148 valence electrons. The lowest BCUT2D eigenvalue weighted by molar-refractivity contribution is -0.136. The summed E-state index contributed by atoms with van der Waals surface area (Å²) >= 11 is 0. The number of likely N-dealkylation sites (tertiary alicyclic amines) is 1. The molecule has 0 spiro atoms. The minimum Gasteiger partial charge on any atom is -0.322 e. The molecule has 3 atom stereocenters. The zero-order chi connectivity index (χ0) is 19.3. The average Bonchev–Trinajstić information content (AvgIpc) is 3.23. The minimum atomic E-state index is -0.546. The van der Waals surface area contributed by atoms with Crippen LogP contribution in [0.25, 0.3) is 0 Å². The van der Waals surface area contributed by atoms with Crippen LogP contribution in [0.4, 0.5) is 0 Å². The minimum absolute atomic E-state index is 0.0920. The number of carbonyl (C=O) groups is 3. The molecule has 0 bridgehead atoms. The Morgan fingerprint density at radius 2 is 1.93 bits per heavy atom. The van der Waals surface area contributed by atoms with Gasteiger partial charge in [-0.3, -0.25) is 24.6 Å². The quantitative estimate of drug-likeness (QED) is 0.744. The topological polar surface area (TPSA) is 81.8 Å². The van der Waals surface area contributed by atoms with Crippen molar-refractivity contribution in [3.05, 3.63) is 34.9 Å². The van der Waals surface area contributed by atoms with Gasteiger partial charge in [-0.25, -0.2) is 0 Å². The van der Waals surface area contributed by atoms with Crippen LogP contribution in [0.15, 0.2) is 18.2 Å². The molecule has 3 fully saturated rings. The summed E-state index contributed by atoms with van der Waals surface area (Å²) in [5.41, 5.74) is 2.84. The fraction of sp³-hybridized carbons (Fsp3) is 0.571. The van der Waals surface area contributed by atoms with E-state index in [1.54, 1.807) is 4.90 Å². The van der Waals surface area contributed by atoms with Crippen molar-refractivity contribution in [2.75, 3.05) is 26.2 Å². The van der Waals surface area contributed by atoms with E-state index >= 15 is 0 Å². The molecule has 0 aliphatic carbocycles. The van der Waals surface area contributed by atoms with Crippen molar-refractivity contribution in [3.63, 3.8) is 0 Å². The fourth-order valence-electron chi connectivity index (χ4n) is 5.26. The lowest BCUT2D eigenvalue weighted by Crippen LogP contribution is -2.52. The first kappa shape index (κ1) is 17.8. The number of fused-ring (bicyclic) bond motifs is 2. The van der Waals surface area contributed by atoms with Crippen LogP contribution in [0.3, 0.4) is 0 Å². The van der Waals surface area contributed by atoms with E-state index in [4.69, 9.17) is 0 Å². The first-order valence-electron chi connectivity index (χ1n) is 10.3. The van der Waals surface area contributed by atoms with Gasteiger partial charge in [-0.2, -0.15) is 0 Å². The third-order valence-electron chi connectivity index (χ3n) is 6.75. The molecule has 0 saturated carbocycles. The normalized spacial score (nSPS) is 30.4. The maximum atomic E-state index is 13.0. The SMILES string of the molecule is O=C1CCC(N2Cc3ccc(CN4C[C@H]5CCNC[C@H]5C4)cc3C2=O)C(=O)N1. The molecule has 5 rings (SSSR count). The van der Waals surface area contributed by atoms with Crippen molar-refractivity contribution < 1.29 is 14.4 Å². The van der Waals surface area contributed by atoms with Crippen LogP contribution in [0.5, 0.6) is 0 Å². The number of hydrogen-bond donors (Lipinski definition) is 2. The highest BCUT2D eigenvalue weighted by Crippen LogP contribution is 2.31. The Kier molecular flexibility index (Phi) is 4.44. The molecule has 7 heteroatoms. The highest BCUT2D eigenvalue weighted by Gasteiger charge is 2.39. The van der Waals surface area contributed by atoms with Crippen molar-refractivity contribution in [1.29, 1.82) is 0 Å². The van der Waals surface area contributed by atoms with E-state index in [0.29, 0.717) is 18.5 Å². The predicted molar refractivity (Wildman–Crippen MR) is 102 cm³/mol. The molecule has 2 N–H and O–H groups in total. The lowest BCUT2D eigenvalue weighted by atomic mass is 9.90. The molecule has 1 aromatic carbocycles. The van der Waals surface area contributed by atoms with Crippen LogP contribution in [0.1, 0.15) is 40.7 Å². The van der Waals surface area contributed by atoms with Gasteiger partial charge in [-0.15, -0.1) is 0 Å². The summed E-state index contributed by atoms with van der Waals surface area (Å²) in [6, 6.07) is 5.60. The summed E-state index contributed by atoms with van der Waals surface area (Å²) in [7, 11) is 0. The summed E-state index contributed by atoms with van der Waals surface area (Å²) in [6.45, 7) is 5.81. The molecule has 1 aromatic rings. The number of carbonyl (C=O) groups excluding carboxylic acids is 3. The third-order valence-corrected chi connectivity index (χ3v) is 6.75. The van der Waals surface area contributed by atoms with Gasteiger partial charge in [-0.1, -0.05) is 12.1 Å². The Balaban J connectivity index is 1.28. The first-order valence-corrected chi connectivity index (χ1v) is 10.3. The molecule has 3 amide bonds. The van der Waals surface area contributed by atoms with Crippen LogP contribution in [0.2, 0.25) is 0 Å². The molecular weight excluding hydrogens is 356 g/mol. The Labute approximate surface area is 164 Å². The van der Waals surface area contributed by atoms with Gasteiger partial charge < -0.3 is 10.2 Å². The molecule has 1 unspecified atom stereocenters. The number of imide groups is 1. The van der Waals surface area contributed by atoms with E-state index in [1.807, 2.05) is 12.1 Å². The van der Waals surface area contributed by atoms with Gasteiger partial charge in [0.1, 0.15) is 6.04 Å². The second-order valence-electron chi connectivity index (χ2n) is 8.60. The number of rotatable bonds is 3. The predicted octanol–water partition coefficient (Wildman–Crippen LogP) is 0.489. The number of hydrogen-bond acceptors (Lipinski definition) is 5. The maximum Gasteiger partial charge on any atom is 0.255 e. The third kappa shape index (κ3) is 3.12. The van der Waals surface area contributed by atoms with Gasteiger partial charge in [-0.05, 0) is 55.0 Å². The number of nitrogens with one attached hydrogen (secondary N) is 2. The average molecular weight is 382 g/mol.